The van der Waals surface area contributed by atoms with E-state index in [9.17, 15) is 14.7 Å². The van der Waals surface area contributed by atoms with Crippen molar-refractivity contribution in [1.29, 1.82) is 0 Å². The molecule has 0 aliphatic heterocycles. The van der Waals surface area contributed by atoms with Crippen LogP contribution >= 0.6 is 0 Å². The molecule has 0 aromatic heterocycles. The zero-order valence-corrected chi connectivity index (χ0v) is 20.9. The molecule has 0 spiro atoms. The van der Waals surface area contributed by atoms with E-state index in [0.717, 1.165) is 10.8 Å². The van der Waals surface area contributed by atoms with Gasteiger partial charge in [-0.25, -0.2) is 0 Å². The molecule has 4 nitrogen and oxygen atoms in total. The summed E-state index contributed by atoms with van der Waals surface area (Å²) in [5.41, 5.74) is 0. The molecular weight excluding hydrogens is 374 g/mol. The van der Waals surface area contributed by atoms with Gasteiger partial charge in [-0.1, -0.05) is 97.8 Å². The third-order valence-electron chi connectivity index (χ3n) is 5.91. The maximum Gasteiger partial charge on any atom is 0.174 e. The number of unbranched alkanes of at least 4 members (excludes halogenated alkanes) is 14. The van der Waals surface area contributed by atoms with E-state index in [-0.39, 0.29) is 6.42 Å². The van der Waals surface area contributed by atoms with Gasteiger partial charge < -0.3 is 14.4 Å². The minimum Gasteiger partial charge on any atom is -0.550 e. The molecule has 0 radical (unpaired) electrons. The van der Waals surface area contributed by atoms with Crippen LogP contribution in [0.3, 0.4) is 0 Å². The number of carboxylic acids is 1. The zero-order chi connectivity index (χ0) is 22.9. The van der Waals surface area contributed by atoms with Gasteiger partial charge in [0.2, 0.25) is 0 Å². The van der Waals surface area contributed by atoms with Crippen molar-refractivity contribution in [3.63, 3.8) is 0 Å². The highest BCUT2D eigenvalue weighted by molar-refractivity contribution is 5.63. The molecule has 0 aliphatic rings. The quantitative estimate of drug-likeness (QED) is 0.127. The van der Waals surface area contributed by atoms with Crippen LogP contribution in [0.2, 0.25) is 0 Å². The van der Waals surface area contributed by atoms with Gasteiger partial charge in [0.05, 0.1) is 20.1 Å². The number of carbonyl (C=O) groups excluding carboxylic acids is 2. The van der Waals surface area contributed by atoms with Crippen LogP contribution in [0.1, 0.15) is 130 Å². The Kier molecular flexibility index (Phi) is 25.4. The lowest BCUT2D eigenvalue weighted by Crippen LogP contribution is -2.46. The highest BCUT2D eigenvalue weighted by Gasteiger charge is 2.19. The molecule has 30 heavy (non-hydrogen) atoms. The summed E-state index contributed by atoms with van der Waals surface area (Å²) in [4.78, 5) is 20.3. The van der Waals surface area contributed by atoms with E-state index < -0.39 is 5.97 Å². The molecule has 0 atom stereocenters. The lowest BCUT2D eigenvalue weighted by atomic mass is 10.1. The number of carboxylic acid groups (broad SMARTS) is 1. The molecule has 0 aliphatic carbocycles. The van der Waals surface area contributed by atoms with E-state index in [2.05, 4.69) is 20.9 Å². The SMILES string of the molecule is CCC(=O)[O-].CCCCCCCCCC[N+](C)(CC=O)CCCCCCCCCC. The standard InChI is InChI=1S/C23H48NO.C3H6O2/c1-4-6-8-10-12-14-16-18-20-24(3,22-23-25)21-19-17-15-13-11-9-7-5-2;1-2-3(4)5/h23H,4-22H2,1-3H3;2H2,1H3,(H,4,5)/q+1;/p-1. The predicted octanol–water partition coefficient (Wildman–Crippen LogP) is 6.06. The van der Waals surface area contributed by atoms with E-state index in [1.807, 2.05) is 0 Å². The number of aliphatic carboxylic acids is 1. The summed E-state index contributed by atoms with van der Waals surface area (Å²) >= 11 is 0. The molecule has 0 heterocycles. The molecular formula is C26H53NO3. The minimum absolute atomic E-state index is 0.111. The van der Waals surface area contributed by atoms with Gasteiger partial charge in [0, 0.05) is 5.97 Å². The maximum atomic E-state index is 11.1. The van der Waals surface area contributed by atoms with Crippen molar-refractivity contribution in [3.05, 3.63) is 0 Å². The third kappa shape index (κ3) is 25.1. The van der Waals surface area contributed by atoms with Gasteiger partial charge in [-0.2, -0.15) is 0 Å². The largest absolute Gasteiger partial charge is 0.550 e. The Balaban J connectivity index is 0. The van der Waals surface area contributed by atoms with Crippen LogP contribution in [-0.2, 0) is 9.59 Å². The van der Waals surface area contributed by atoms with Crippen LogP contribution in [0.4, 0.5) is 0 Å². The highest BCUT2D eigenvalue weighted by Crippen LogP contribution is 2.14. The maximum absolute atomic E-state index is 11.1. The van der Waals surface area contributed by atoms with Crippen LogP contribution in [0.25, 0.3) is 0 Å². The van der Waals surface area contributed by atoms with Gasteiger partial charge in [0.1, 0.15) is 6.54 Å². The number of hydrogen-bond donors (Lipinski definition) is 0. The summed E-state index contributed by atoms with van der Waals surface area (Å²) in [5.74, 6) is -0.995. The Labute approximate surface area is 188 Å². The minimum atomic E-state index is -0.995. The van der Waals surface area contributed by atoms with Crippen LogP contribution < -0.4 is 5.11 Å². The third-order valence-corrected chi connectivity index (χ3v) is 5.91. The molecule has 0 bridgehead atoms. The van der Waals surface area contributed by atoms with Crippen molar-refractivity contribution in [2.24, 2.45) is 0 Å². The van der Waals surface area contributed by atoms with Crippen molar-refractivity contribution >= 4 is 12.3 Å². The van der Waals surface area contributed by atoms with Crippen LogP contribution in [-0.4, -0.2) is 43.4 Å². The fourth-order valence-electron chi connectivity index (χ4n) is 3.73. The number of likely N-dealkylation sites (N-methyl/N-ethyl adjacent to an activating group) is 1. The van der Waals surface area contributed by atoms with Crippen LogP contribution in [0.15, 0.2) is 0 Å². The summed E-state index contributed by atoms with van der Waals surface area (Å²) in [6.07, 6.45) is 23.2. The first-order valence-corrected chi connectivity index (χ1v) is 12.9. The van der Waals surface area contributed by atoms with Crippen LogP contribution in [0.5, 0.6) is 0 Å². The number of carbonyl (C=O) groups is 2. The average molecular weight is 428 g/mol. The molecule has 0 N–H and O–H groups in total. The Morgan fingerprint density at radius 3 is 1.23 bits per heavy atom. The second-order valence-electron chi connectivity index (χ2n) is 9.09. The first-order valence-electron chi connectivity index (χ1n) is 12.9. The van der Waals surface area contributed by atoms with Crippen molar-refractivity contribution in [1.82, 2.24) is 0 Å². The van der Waals surface area contributed by atoms with Crippen LogP contribution in [0, 0.1) is 0 Å². The number of quaternary nitrogens is 1. The summed E-state index contributed by atoms with van der Waals surface area (Å²) in [6.45, 7) is 9.16. The van der Waals surface area contributed by atoms with Crippen molar-refractivity contribution in [2.75, 3.05) is 26.7 Å². The van der Waals surface area contributed by atoms with Gasteiger partial charge in [0.15, 0.2) is 6.29 Å². The Hall–Kier alpha value is -0.900. The average Bonchev–Trinajstić information content (AvgIpc) is 2.72. The Morgan fingerprint density at radius 1 is 0.667 bits per heavy atom. The summed E-state index contributed by atoms with van der Waals surface area (Å²) in [6, 6.07) is 0. The molecule has 0 aromatic rings. The van der Waals surface area contributed by atoms with E-state index in [1.54, 1.807) is 0 Å². The molecule has 0 amide bonds. The summed E-state index contributed by atoms with van der Waals surface area (Å²) in [5, 5.41) is 9.26. The smallest absolute Gasteiger partial charge is 0.174 e. The lowest BCUT2D eigenvalue weighted by molar-refractivity contribution is -0.901. The second kappa shape index (κ2) is 24.4. The lowest BCUT2D eigenvalue weighted by Gasteiger charge is -2.33. The first-order chi connectivity index (χ1) is 14.5. The zero-order valence-electron chi connectivity index (χ0n) is 20.9. The number of nitrogens with zero attached hydrogens (tertiary/aromatic N) is 1. The van der Waals surface area contributed by atoms with E-state index in [1.165, 1.54) is 123 Å². The van der Waals surface area contributed by atoms with E-state index >= 15 is 0 Å². The number of hydrogen-bond acceptors (Lipinski definition) is 3. The number of rotatable bonds is 21. The van der Waals surface area contributed by atoms with Gasteiger partial charge in [-0.15, -0.1) is 0 Å². The van der Waals surface area contributed by atoms with Crippen molar-refractivity contribution in [3.8, 4) is 0 Å². The fraction of sp³-hybridized carbons (Fsp3) is 0.923. The summed E-state index contributed by atoms with van der Waals surface area (Å²) in [7, 11) is 2.29. The van der Waals surface area contributed by atoms with Gasteiger partial charge in [0.25, 0.3) is 0 Å². The normalized spacial score (nSPS) is 11.1. The van der Waals surface area contributed by atoms with Gasteiger partial charge >= 0.3 is 0 Å². The molecule has 0 aromatic carbocycles. The molecule has 0 fully saturated rings. The second-order valence-corrected chi connectivity index (χ2v) is 9.09. The Bertz CT molecular complexity index is 351. The number of aldehydes is 1. The molecule has 0 unspecified atom stereocenters. The molecule has 0 saturated heterocycles. The summed E-state index contributed by atoms with van der Waals surface area (Å²) < 4.78 is 0.967. The molecule has 180 valence electrons. The van der Waals surface area contributed by atoms with Crippen molar-refractivity contribution in [2.45, 2.75) is 130 Å². The molecule has 0 rings (SSSR count). The highest BCUT2D eigenvalue weighted by atomic mass is 16.4. The topological polar surface area (TPSA) is 57.2 Å². The first kappa shape index (κ1) is 31.3. The molecule has 4 heteroatoms. The van der Waals surface area contributed by atoms with Gasteiger partial charge in [-0.3, -0.25) is 4.79 Å². The fourth-order valence-corrected chi connectivity index (χ4v) is 3.73. The monoisotopic (exact) mass is 427 g/mol. The van der Waals surface area contributed by atoms with Crippen molar-refractivity contribution < 1.29 is 19.2 Å². The Morgan fingerprint density at radius 2 is 0.967 bits per heavy atom. The van der Waals surface area contributed by atoms with Gasteiger partial charge in [-0.05, 0) is 32.1 Å². The predicted molar refractivity (Wildman–Crippen MR) is 127 cm³/mol. The van der Waals surface area contributed by atoms with E-state index in [0.29, 0.717) is 6.54 Å². The molecule has 0 saturated carbocycles. The van der Waals surface area contributed by atoms with E-state index in [4.69, 9.17) is 0 Å².